The molecule has 0 bridgehead atoms. The zero-order valence-electron chi connectivity index (χ0n) is 22.5. The first-order valence-electron chi connectivity index (χ1n) is 13.4. The van der Waals surface area contributed by atoms with E-state index in [0.717, 1.165) is 35.4 Å². The van der Waals surface area contributed by atoms with Crippen LogP contribution < -0.4 is 15.0 Å². The Bertz CT molecular complexity index is 1370. The number of aromatic nitrogens is 2. The maximum Gasteiger partial charge on any atom is 0.137 e. The lowest BCUT2D eigenvalue weighted by atomic mass is 9.82. The largest absolute Gasteiger partial charge is 0.495 e. The number of fused-ring (bicyclic) bond motifs is 1. The van der Waals surface area contributed by atoms with E-state index in [1.54, 1.807) is 13.2 Å². The highest BCUT2D eigenvalue weighted by atomic mass is 35.5. The van der Waals surface area contributed by atoms with Crippen LogP contribution in [0.3, 0.4) is 0 Å². The molecule has 2 N–H and O–H groups in total. The third kappa shape index (κ3) is 5.98. The SMILES string of the molecule is COc1cc(CO)c(-c2cn3ccc(CC4CCC(NCc5ccc(N(C)C)cc5)CC4)cc3n2)cc1Cl. The normalized spacial score (nSPS) is 17.6. The van der Waals surface area contributed by atoms with Gasteiger partial charge in [0.25, 0.3) is 0 Å². The van der Waals surface area contributed by atoms with Crippen molar-refractivity contribution in [1.29, 1.82) is 0 Å². The second-order valence-corrected chi connectivity index (χ2v) is 11.0. The van der Waals surface area contributed by atoms with Crippen LogP contribution in [0.5, 0.6) is 5.75 Å². The van der Waals surface area contributed by atoms with E-state index < -0.39 is 0 Å². The first kappa shape index (κ1) is 26.5. The van der Waals surface area contributed by atoms with Gasteiger partial charge >= 0.3 is 0 Å². The number of aliphatic hydroxyl groups excluding tert-OH is 1. The molecule has 38 heavy (non-hydrogen) atoms. The molecule has 1 saturated carbocycles. The number of hydrogen-bond acceptors (Lipinski definition) is 5. The van der Waals surface area contributed by atoms with Crippen LogP contribution in [0.15, 0.2) is 60.9 Å². The Morgan fingerprint density at radius 3 is 2.50 bits per heavy atom. The minimum absolute atomic E-state index is 0.109. The van der Waals surface area contributed by atoms with Gasteiger partial charge in [-0.1, -0.05) is 23.7 Å². The van der Waals surface area contributed by atoms with Crippen LogP contribution in [0.1, 0.15) is 42.4 Å². The summed E-state index contributed by atoms with van der Waals surface area (Å²) in [5.41, 5.74) is 7.16. The quantitative estimate of drug-likeness (QED) is 0.272. The van der Waals surface area contributed by atoms with Gasteiger partial charge in [0.05, 0.1) is 24.4 Å². The number of methoxy groups -OCH3 is 1. The van der Waals surface area contributed by atoms with Crippen LogP contribution in [-0.4, -0.2) is 41.7 Å². The van der Waals surface area contributed by atoms with Gasteiger partial charge in [0.2, 0.25) is 0 Å². The molecule has 6 nitrogen and oxygen atoms in total. The molecule has 2 heterocycles. The van der Waals surface area contributed by atoms with E-state index >= 15 is 0 Å². The van der Waals surface area contributed by atoms with E-state index in [4.69, 9.17) is 21.3 Å². The van der Waals surface area contributed by atoms with Gasteiger partial charge in [0, 0.05) is 50.3 Å². The fourth-order valence-electron chi connectivity index (χ4n) is 5.48. The molecule has 0 atom stereocenters. The second kappa shape index (κ2) is 11.8. The highest BCUT2D eigenvalue weighted by molar-refractivity contribution is 6.32. The Hall–Kier alpha value is -3.06. The van der Waals surface area contributed by atoms with Crippen molar-refractivity contribution in [2.45, 2.75) is 51.3 Å². The fourth-order valence-corrected chi connectivity index (χ4v) is 5.72. The molecule has 200 valence electrons. The predicted octanol–water partition coefficient (Wildman–Crippen LogP) is 6.11. The molecular weight excluding hydrogens is 496 g/mol. The summed E-state index contributed by atoms with van der Waals surface area (Å²) in [5.74, 6) is 1.25. The standard InChI is InChI=1S/C31H37ClN4O2/c1-35(2)26-10-6-22(7-11-26)18-33-25-8-4-21(5-9-25)14-23-12-13-36-19-29(34-31(36)15-23)27-17-28(32)30(38-3)16-24(27)20-37/h6-7,10-13,15-17,19,21,25,33,37H,4-5,8-9,14,18,20H2,1-3H3. The van der Waals surface area contributed by atoms with E-state index in [-0.39, 0.29) is 6.61 Å². The molecule has 0 unspecified atom stereocenters. The zero-order chi connectivity index (χ0) is 26.6. The Kier molecular flexibility index (Phi) is 8.22. The van der Waals surface area contributed by atoms with Crippen molar-refractivity contribution in [1.82, 2.24) is 14.7 Å². The number of rotatable bonds is 9. The molecule has 1 fully saturated rings. The summed E-state index contributed by atoms with van der Waals surface area (Å²) in [6, 6.07) is 17.4. The molecule has 0 saturated heterocycles. The summed E-state index contributed by atoms with van der Waals surface area (Å²) in [4.78, 5) is 6.99. The van der Waals surface area contributed by atoms with Crippen LogP contribution in [0.25, 0.3) is 16.9 Å². The number of hydrogen-bond donors (Lipinski definition) is 2. The summed E-state index contributed by atoms with van der Waals surface area (Å²) in [6.07, 6.45) is 10.1. The van der Waals surface area contributed by atoms with Crippen molar-refractivity contribution in [3.63, 3.8) is 0 Å². The monoisotopic (exact) mass is 532 g/mol. The highest BCUT2D eigenvalue weighted by Gasteiger charge is 2.21. The van der Waals surface area contributed by atoms with Gasteiger partial charge in [0.1, 0.15) is 11.4 Å². The lowest BCUT2D eigenvalue weighted by Gasteiger charge is -2.29. The van der Waals surface area contributed by atoms with Gasteiger partial charge in [-0.25, -0.2) is 4.98 Å². The van der Waals surface area contributed by atoms with Gasteiger partial charge in [-0.15, -0.1) is 0 Å². The topological polar surface area (TPSA) is 62.0 Å². The van der Waals surface area contributed by atoms with Crippen LogP contribution in [0, 0.1) is 5.92 Å². The Morgan fingerprint density at radius 2 is 1.82 bits per heavy atom. The molecule has 0 aliphatic heterocycles. The number of anilines is 1. The molecule has 0 radical (unpaired) electrons. The summed E-state index contributed by atoms with van der Waals surface area (Å²) >= 11 is 6.37. The summed E-state index contributed by atoms with van der Waals surface area (Å²) in [7, 11) is 5.72. The second-order valence-electron chi connectivity index (χ2n) is 10.6. The average molecular weight is 533 g/mol. The van der Waals surface area contributed by atoms with Gasteiger partial charge in [-0.05, 0) is 91.1 Å². The Morgan fingerprint density at radius 1 is 1.05 bits per heavy atom. The number of benzene rings is 2. The summed E-state index contributed by atoms with van der Waals surface area (Å²) in [6.45, 7) is 0.821. The predicted molar refractivity (Wildman–Crippen MR) is 155 cm³/mol. The van der Waals surface area contributed by atoms with Crippen LogP contribution in [0.2, 0.25) is 5.02 Å². The van der Waals surface area contributed by atoms with Crippen LogP contribution >= 0.6 is 11.6 Å². The first-order chi connectivity index (χ1) is 18.4. The molecule has 2 aromatic carbocycles. The van der Waals surface area contributed by atoms with Crippen LogP contribution in [-0.2, 0) is 19.6 Å². The summed E-state index contributed by atoms with van der Waals surface area (Å²) in [5, 5.41) is 14.2. The molecular formula is C31H37ClN4O2. The van der Waals surface area contributed by atoms with Crippen LogP contribution in [0.4, 0.5) is 5.69 Å². The minimum Gasteiger partial charge on any atom is -0.495 e. The Balaban J connectivity index is 1.18. The van der Waals surface area contributed by atoms with Crippen molar-refractivity contribution in [2.75, 3.05) is 26.1 Å². The number of aliphatic hydroxyl groups is 1. The number of pyridine rings is 1. The molecule has 0 amide bonds. The molecule has 4 aromatic rings. The molecule has 1 aliphatic carbocycles. The van der Waals surface area contributed by atoms with E-state index in [0.29, 0.717) is 22.7 Å². The van der Waals surface area contributed by atoms with Gasteiger partial charge in [-0.2, -0.15) is 0 Å². The highest BCUT2D eigenvalue weighted by Crippen LogP contribution is 2.34. The van der Waals surface area contributed by atoms with Gasteiger partial charge in [0.15, 0.2) is 0 Å². The molecule has 2 aromatic heterocycles. The number of ether oxygens (including phenoxy) is 1. The Labute approximate surface area is 230 Å². The number of nitrogens with one attached hydrogen (secondary N) is 1. The van der Waals surface area contributed by atoms with Crippen molar-refractivity contribution < 1.29 is 9.84 Å². The van der Waals surface area contributed by atoms with Gasteiger partial charge in [-0.3, -0.25) is 0 Å². The maximum atomic E-state index is 9.89. The average Bonchev–Trinajstić information content (AvgIpc) is 3.36. The fraction of sp³-hybridized carbons (Fsp3) is 0.387. The van der Waals surface area contributed by atoms with E-state index in [1.165, 1.54) is 42.5 Å². The molecule has 5 rings (SSSR count). The van der Waals surface area contributed by atoms with Crippen molar-refractivity contribution >= 4 is 22.9 Å². The zero-order valence-corrected chi connectivity index (χ0v) is 23.2. The van der Waals surface area contributed by atoms with Crippen molar-refractivity contribution in [2.24, 2.45) is 5.92 Å². The lowest BCUT2D eigenvalue weighted by Crippen LogP contribution is -2.33. The van der Waals surface area contributed by atoms with E-state index in [9.17, 15) is 5.11 Å². The van der Waals surface area contributed by atoms with Crippen molar-refractivity contribution in [3.8, 4) is 17.0 Å². The van der Waals surface area contributed by atoms with Crippen molar-refractivity contribution in [3.05, 3.63) is 82.6 Å². The smallest absolute Gasteiger partial charge is 0.137 e. The lowest BCUT2D eigenvalue weighted by molar-refractivity contribution is 0.281. The number of halogens is 1. The molecule has 1 aliphatic rings. The van der Waals surface area contributed by atoms with E-state index in [1.807, 2.05) is 16.7 Å². The third-order valence-electron chi connectivity index (χ3n) is 7.77. The molecule has 0 spiro atoms. The number of imidazole rings is 1. The summed E-state index contributed by atoms with van der Waals surface area (Å²) < 4.78 is 7.33. The maximum absolute atomic E-state index is 9.89. The minimum atomic E-state index is -0.109. The van der Waals surface area contributed by atoms with E-state index in [2.05, 4.69) is 66.9 Å². The number of nitrogens with zero attached hydrogens (tertiary/aromatic N) is 3. The molecule has 7 heteroatoms. The first-order valence-corrected chi connectivity index (χ1v) is 13.8. The third-order valence-corrected chi connectivity index (χ3v) is 8.06. The van der Waals surface area contributed by atoms with Gasteiger partial charge < -0.3 is 24.5 Å².